The maximum Gasteiger partial charge on any atom is 0.232 e. The minimum absolute atomic E-state index is 0. The molecule has 0 aliphatic carbocycles. The summed E-state index contributed by atoms with van der Waals surface area (Å²) in [6.07, 6.45) is 3.91. The fraction of sp³-hybridized carbons (Fsp3) is 0.588. The van der Waals surface area contributed by atoms with E-state index in [4.69, 9.17) is 0 Å². The van der Waals surface area contributed by atoms with E-state index < -0.39 is 0 Å². The molecular formula is C17H25ClN4OS2. The second kappa shape index (κ2) is 9.16. The number of halogens is 1. The van der Waals surface area contributed by atoms with Gasteiger partial charge in [0, 0.05) is 23.4 Å². The van der Waals surface area contributed by atoms with E-state index in [-0.39, 0.29) is 18.3 Å². The molecule has 1 N–H and O–H groups in total. The lowest BCUT2D eigenvalue weighted by atomic mass is 9.98. The fourth-order valence-electron chi connectivity index (χ4n) is 3.23. The van der Waals surface area contributed by atoms with Crippen molar-refractivity contribution in [2.45, 2.75) is 31.7 Å². The van der Waals surface area contributed by atoms with Crippen LogP contribution in [0.5, 0.6) is 0 Å². The second-order valence-electron chi connectivity index (χ2n) is 6.34. The third-order valence-corrected chi connectivity index (χ3v) is 6.72. The molecule has 1 amide bonds. The Kier molecular flexibility index (Phi) is 7.49. The summed E-state index contributed by atoms with van der Waals surface area (Å²) in [5, 5.41) is 5.27. The third kappa shape index (κ3) is 4.64. The predicted molar refractivity (Wildman–Crippen MR) is 108 cm³/mol. The molecule has 0 spiro atoms. The molecule has 1 fully saturated rings. The Hall–Kier alpha value is -0.890. The number of nitrogens with one attached hydrogen (secondary N) is 1. The number of fused-ring (bicyclic) bond motifs is 1. The van der Waals surface area contributed by atoms with Crippen molar-refractivity contribution in [1.82, 2.24) is 20.2 Å². The highest BCUT2D eigenvalue weighted by atomic mass is 35.5. The Morgan fingerprint density at radius 2 is 2.24 bits per heavy atom. The number of carbonyl (C=O) groups excluding carboxylic acids is 1. The predicted octanol–water partition coefficient (Wildman–Crippen LogP) is 3.28. The van der Waals surface area contributed by atoms with Crippen molar-refractivity contribution in [2.75, 3.05) is 32.4 Å². The summed E-state index contributed by atoms with van der Waals surface area (Å²) in [6, 6.07) is 0. The summed E-state index contributed by atoms with van der Waals surface area (Å²) in [5.74, 6) is 1.24. The van der Waals surface area contributed by atoms with E-state index in [0.29, 0.717) is 11.7 Å². The molecule has 1 atom stereocenters. The maximum atomic E-state index is 12.6. The van der Waals surface area contributed by atoms with Crippen LogP contribution in [0.3, 0.4) is 0 Å². The van der Waals surface area contributed by atoms with Gasteiger partial charge in [-0.05, 0) is 51.8 Å². The summed E-state index contributed by atoms with van der Waals surface area (Å²) >= 11 is 3.24. The number of carbonyl (C=O) groups is 1. The number of rotatable bonds is 5. The smallest absolute Gasteiger partial charge is 0.232 e. The highest BCUT2D eigenvalue weighted by Gasteiger charge is 2.23. The van der Waals surface area contributed by atoms with Crippen molar-refractivity contribution in [1.29, 1.82) is 0 Å². The minimum Gasteiger partial charge on any atom is -0.342 e. The zero-order valence-corrected chi connectivity index (χ0v) is 17.3. The number of thioether (sulfide) groups is 1. The molecule has 0 aromatic carbocycles. The molecule has 3 rings (SSSR count). The molecule has 0 radical (unpaired) electrons. The van der Waals surface area contributed by atoms with E-state index in [0.717, 1.165) is 41.3 Å². The number of hydrogen-bond acceptors (Lipinski definition) is 6. The van der Waals surface area contributed by atoms with Gasteiger partial charge in [0.05, 0.1) is 5.75 Å². The zero-order valence-electron chi connectivity index (χ0n) is 14.9. The lowest BCUT2D eigenvalue weighted by Gasteiger charge is -2.32. The number of piperidine rings is 1. The molecule has 0 saturated carbocycles. The average Bonchev–Trinajstić information content (AvgIpc) is 2.88. The average molecular weight is 401 g/mol. The van der Waals surface area contributed by atoms with Gasteiger partial charge in [0.2, 0.25) is 5.91 Å². The summed E-state index contributed by atoms with van der Waals surface area (Å²) in [6.45, 7) is 6.95. The minimum atomic E-state index is 0. The summed E-state index contributed by atoms with van der Waals surface area (Å²) in [7, 11) is 1.97. The van der Waals surface area contributed by atoms with E-state index in [1.54, 1.807) is 29.4 Å². The van der Waals surface area contributed by atoms with Crippen molar-refractivity contribution in [3.63, 3.8) is 0 Å². The molecule has 2 aromatic rings. The van der Waals surface area contributed by atoms with Crippen molar-refractivity contribution in [3.8, 4) is 0 Å². The highest BCUT2D eigenvalue weighted by molar-refractivity contribution is 8.00. The quantitative estimate of drug-likeness (QED) is 0.616. The van der Waals surface area contributed by atoms with E-state index >= 15 is 0 Å². The molecule has 0 bridgehead atoms. The molecule has 138 valence electrons. The molecule has 1 saturated heterocycles. The Morgan fingerprint density at radius 1 is 1.44 bits per heavy atom. The van der Waals surface area contributed by atoms with E-state index in [1.165, 1.54) is 16.9 Å². The highest BCUT2D eigenvalue weighted by Crippen LogP contribution is 2.34. The third-order valence-electron chi connectivity index (χ3n) is 4.63. The summed E-state index contributed by atoms with van der Waals surface area (Å²) in [5.41, 5.74) is 1.23. The molecule has 3 heterocycles. The van der Waals surface area contributed by atoms with Crippen LogP contribution >= 0.6 is 35.5 Å². The maximum absolute atomic E-state index is 12.6. The van der Waals surface area contributed by atoms with Crippen molar-refractivity contribution in [2.24, 2.45) is 5.92 Å². The largest absolute Gasteiger partial charge is 0.342 e. The first-order valence-corrected chi connectivity index (χ1v) is 10.2. The van der Waals surface area contributed by atoms with Crippen molar-refractivity contribution >= 4 is 51.6 Å². The topological polar surface area (TPSA) is 58.1 Å². The van der Waals surface area contributed by atoms with Gasteiger partial charge in [-0.1, -0.05) is 11.8 Å². The number of thiophene rings is 1. The van der Waals surface area contributed by atoms with Crippen LogP contribution in [0.2, 0.25) is 0 Å². The molecule has 1 aliphatic heterocycles. The first-order chi connectivity index (χ1) is 11.6. The van der Waals surface area contributed by atoms with Crippen LogP contribution in [0.15, 0.2) is 11.4 Å². The standard InChI is InChI=1S/C17H24N4OS2.ClH/c1-11-12(2)24-17-15(11)16(19-10-20-17)23-9-14(22)21-6-4-5-13(8-21)7-18-3;/h10,13,18H,4-9H2,1-3H3;1H. The molecule has 8 heteroatoms. The van der Waals surface area contributed by atoms with Crippen molar-refractivity contribution < 1.29 is 4.79 Å². The molecule has 1 unspecified atom stereocenters. The van der Waals surface area contributed by atoms with Gasteiger partial charge in [0.25, 0.3) is 0 Å². The molecular weight excluding hydrogens is 376 g/mol. The van der Waals surface area contributed by atoms with Gasteiger partial charge in [0.15, 0.2) is 0 Å². The van der Waals surface area contributed by atoms with Crippen LogP contribution in [-0.2, 0) is 4.79 Å². The van der Waals surface area contributed by atoms with Crippen LogP contribution in [0.25, 0.3) is 10.2 Å². The Balaban J connectivity index is 0.00000225. The van der Waals surface area contributed by atoms with Crippen LogP contribution in [-0.4, -0.2) is 53.2 Å². The monoisotopic (exact) mass is 400 g/mol. The van der Waals surface area contributed by atoms with Gasteiger partial charge < -0.3 is 10.2 Å². The number of aryl methyl sites for hydroxylation is 2. The van der Waals surface area contributed by atoms with E-state index in [2.05, 4.69) is 29.1 Å². The first-order valence-electron chi connectivity index (χ1n) is 8.36. The van der Waals surface area contributed by atoms with Gasteiger partial charge in [-0.3, -0.25) is 4.79 Å². The number of aromatic nitrogens is 2. The number of amides is 1. The molecule has 1 aliphatic rings. The number of likely N-dealkylation sites (tertiary alicyclic amines) is 1. The Morgan fingerprint density at radius 3 is 3.00 bits per heavy atom. The van der Waals surface area contributed by atoms with E-state index in [9.17, 15) is 4.79 Å². The van der Waals surface area contributed by atoms with Gasteiger partial charge >= 0.3 is 0 Å². The molecule has 2 aromatic heterocycles. The second-order valence-corrected chi connectivity index (χ2v) is 8.50. The SMILES string of the molecule is CNCC1CCCN(C(=O)CSc2ncnc3sc(C)c(C)c23)C1.Cl. The van der Waals surface area contributed by atoms with Crippen LogP contribution < -0.4 is 5.32 Å². The van der Waals surface area contributed by atoms with Gasteiger partial charge in [-0.25, -0.2) is 9.97 Å². The lowest BCUT2D eigenvalue weighted by molar-refractivity contribution is -0.130. The molecule has 5 nitrogen and oxygen atoms in total. The fourth-order valence-corrected chi connectivity index (χ4v) is 5.25. The van der Waals surface area contributed by atoms with Crippen molar-refractivity contribution in [3.05, 3.63) is 16.8 Å². The van der Waals surface area contributed by atoms with Gasteiger partial charge in [0.1, 0.15) is 16.2 Å². The van der Waals surface area contributed by atoms with Gasteiger partial charge in [-0.15, -0.1) is 23.7 Å². The Labute approximate surface area is 163 Å². The molecule has 25 heavy (non-hydrogen) atoms. The number of hydrogen-bond donors (Lipinski definition) is 1. The summed E-state index contributed by atoms with van der Waals surface area (Å²) in [4.78, 5) is 25.7. The lowest BCUT2D eigenvalue weighted by Crippen LogP contribution is -2.43. The van der Waals surface area contributed by atoms with Crippen LogP contribution in [0, 0.1) is 19.8 Å². The Bertz CT molecular complexity index is 735. The van der Waals surface area contributed by atoms with Crippen LogP contribution in [0.4, 0.5) is 0 Å². The van der Waals surface area contributed by atoms with Crippen LogP contribution in [0.1, 0.15) is 23.3 Å². The first kappa shape index (κ1) is 20.4. The summed E-state index contributed by atoms with van der Waals surface area (Å²) < 4.78 is 0. The number of nitrogens with zero attached hydrogens (tertiary/aromatic N) is 3. The zero-order chi connectivity index (χ0) is 17.1. The van der Waals surface area contributed by atoms with E-state index in [1.807, 2.05) is 11.9 Å². The van der Waals surface area contributed by atoms with Gasteiger partial charge in [-0.2, -0.15) is 0 Å². The normalized spacial score (nSPS) is 17.6.